The van der Waals surface area contributed by atoms with Gasteiger partial charge in [-0.25, -0.2) is 0 Å². The lowest BCUT2D eigenvalue weighted by molar-refractivity contribution is 0.373. The standard InChI is InChI=1S/C23H21N3O3S/c1-23(2)10-13(5-4-12-6-7-16(27)17(9-12)29-3)8-14-18-19(25)15(11-24)21(28)26-22(18)30-20(14)23/h4-9,27H,10H2,1-3H3,(H3,25,26,28)/b5-4+. The number of anilines is 1. The number of aromatic hydroxyl groups is 1. The first-order chi connectivity index (χ1) is 14.2. The molecular formula is C23H21N3O3S. The van der Waals surface area contributed by atoms with Crippen LogP contribution in [0, 0.1) is 11.3 Å². The summed E-state index contributed by atoms with van der Waals surface area (Å²) in [5.41, 5.74) is 8.76. The minimum Gasteiger partial charge on any atom is -0.504 e. The van der Waals surface area contributed by atoms with Crippen LogP contribution in [0.5, 0.6) is 11.5 Å². The molecule has 1 aliphatic rings. The van der Waals surface area contributed by atoms with Gasteiger partial charge in [0, 0.05) is 21.2 Å². The zero-order valence-corrected chi connectivity index (χ0v) is 17.7. The van der Waals surface area contributed by atoms with Crippen molar-refractivity contribution in [3.8, 4) is 17.6 Å². The molecule has 0 saturated heterocycles. The van der Waals surface area contributed by atoms with Crippen LogP contribution in [-0.4, -0.2) is 17.2 Å². The van der Waals surface area contributed by atoms with Crippen molar-refractivity contribution in [3.05, 3.63) is 61.8 Å². The average Bonchev–Trinajstić information content (AvgIpc) is 3.06. The van der Waals surface area contributed by atoms with Gasteiger partial charge >= 0.3 is 0 Å². The summed E-state index contributed by atoms with van der Waals surface area (Å²) in [6.45, 7) is 4.32. The van der Waals surface area contributed by atoms with Gasteiger partial charge in [0.05, 0.1) is 12.8 Å². The number of phenolic OH excluding ortho intramolecular Hbond substituents is 1. The van der Waals surface area contributed by atoms with Crippen molar-refractivity contribution in [3.63, 3.8) is 0 Å². The summed E-state index contributed by atoms with van der Waals surface area (Å²) in [6, 6.07) is 7.10. The highest BCUT2D eigenvalue weighted by Crippen LogP contribution is 2.47. The predicted molar refractivity (Wildman–Crippen MR) is 121 cm³/mol. The number of nitrogens with two attached hydrogens (primary N) is 1. The Morgan fingerprint density at radius 2 is 2.13 bits per heavy atom. The van der Waals surface area contributed by atoms with E-state index in [4.69, 9.17) is 10.5 Å². The van der Waals surface area contributed by atoms with Crippen molar-refractivity contribution in [2.45, 2.75) is 25.7 Å². The second kappa shape index (κ2) is 7.08. The number of hydrogen-bond donors (Lipinski definition) is 3. The zero-order chi connectivity index (χ0) is 21.6. The van der Waals surface area contributed by atoms with E-state index in [9.17, 15) is 15.2 Å². The van der Waals surface area contributed by atoms with Gasteiger partial charge in [-0.05, 0) is 35.8 Å². The number of methoxy groups -OCH3 is 1. The van der Waals surface area contributed by atoms with Crippen LogP contribution in [0.15, 0.2) is 34.6 Å². The third kappa shape index (κ3) is 3.15. The van der Waals surface area contributed by atoms with Gasteiger partial charge in [0.1, 0.15) is 16.5 Å². The fourth-order valence-corrected chi connectivity index (χ4v) is 5.19. The molecule has 2 aromatic heterocycles. The maximum atomic E-state index is 12.2. The molecule has 0 saturated carbocycles. The monoisotopic (exact) mass is 419 g/mol. The number of rotatable bonds is 3. The maximum Gasteiger partial charge on any atom is 0.269 e. The van der Waals surface area contributed by atoms with Crippen molar-refractivity contribution in [1.82, 2.24) is 4.98 Å². The van der Waals surface area contributed by atoms with Crippen molar-refractivity contribution < 1.29 is 9.84 Å². The van der Waals surface area contributed by atoms with Crippen LogP contribution in [0.3, 0.4) is 0 Å². The molecule has 1 aromatic carbocycles. The van der Waals surface area contributed by atoms with E-state index in [0.29, 0.717) is 10.6 Å². The van der Waals surface area contributed by atoms with Crippen LogP contribution in [0.2, 0.25) is 0 Å². The minimum absolute atomic E-state index is 0.0480. The highest BCUT2D eigenvalue weighted by Gasteiger charge is 2.32. The number of fused-ring (bicyclic) bond motifs is 3. The lowest BCUT2D eigenvalue weighted by Gasteiger charge is -2.29. The molecule has 6 nitrogen and oxygen atoms in total. The molecule has 30 heavy (non-hydrogen) atoms. The smallest absolute Gasteiger partial charge is 0.269 e. The Hall–Kier alpha value is -3.50. The van der Waals surface area contributed by atoms with Crippen LogP contribution in [-0.2, 0) is 5.41 Å². The first-order valence-electron chi connectivity index (χ1n) is 9.39. The van der Waals surface area contributed by atoms with E-state index >= 15 is 0 Å². The van der Waals surface area contributed by atoms with E-state index < -0.39 is 5.56 Å². The molecule has 0 fully saturated rings. The van der Waals surface area contributed by atoms with E-state index in [2.05, 4.69) is 24.9 Å². The number of nitrogens with zero attached hydrogens (tertiary/aromatic N) is 1. The number of aromatic nitrogens is 1. The van der Waals surface area contributed by atoms with Crippen LogP contribution < -0.4 is 16.0 Å². The van der Waals surface area contributed by atoms with Crippen molar-refractivity contribution in [1.29, 1.82) is 5.26 Å². The number of hydrogen-bond acceptors (Lipinski definition) is 6. The third-order valence-corrected chi connectivity index (χ3v) is 6.82. The summed E-state index contributed by atoms with van der Waals surface area (Å²) in [5.74, 6) is 0.516. The normalized spacial score (nSPS) is 15.1. The van der Waals surface area contributed by atoms with E-state index in [-0.39, 0.29) is 22.4 Å². The highest BCUT2D eigenvalue weighted by atomic mass is 32.1. The fourth-order valence-electron chi connectivity index (χ4n) is 3.90. The van der Waals surface area contributed by atoms with Crippen LogP contribution in [0.4, 0.5) is 5.69 Å². The second-order valence-corrected chi connectivity index (χ2v) is 8.97. The molecule has 0 spiro atoms. The first kappa shape index (κ1) is 19.8. The molecule has 152 valence electrons. The van der Waals surface area contributed by atoms with Crippen LogP contribution >= 0.6 is 11.3 Å². The summed E-state index contributed by atoms with van der Waals surface area (Å²) >= 11 is 1.52. The molecule has 0 amide bonds. The number of phenols is 1. The van der Waals surface area contributed by atoms with Gasteiger partial charge in [0.25, 0.3) is 5.56 Å². The molecule has 0 radical (unpaired) electrons. The van der Waals surface area contributed by atoms with Crippen molar-refractivity contribution in [2.24, 2.45) is 0 Å². The average molecular weight is 420 g/mol. The predicted octanol–water partition coefficient (Wildman–Crippen LogP) is 4.54. The highest BCUT2D eigenvalue weighted by molar-refractivity contribution is 7.19. The van der Waals surface area contributed by atoms with Gasteiger partial charge in [0.15, 0.2) is 11.5 Å². The minimum atomic E-state index is -0.454. The summed E-state index contributed by atoms with van der Waals surface area (Å²) in [6.07, 6.45) is 6.89. The molecule has 0 unspecified atom stereocenters. The SMILES string of the molecule is COc1cc(/C=C/C2=Cc3c(sc4[nH]c(=O)c(C#N)c(N)c34)C(C)(C)C2)ccc1O. The molecule has 0 atom stereocenters. The Balaban J connectivity index is 1.84. The number of nitrogens with one attached hydrogen (secondary N) is 1. The summed E-state index contributed by atoms with van der Waals surface area (Å²) in [7, 11) is 1.52. The Bertz CT molecular complexity index is 1340. The summed E-state index contributed by atoms with van der Waals surface area (Å²) < 4.78 is 5.17. The summed E-state index contributed by atoms with van der Waals surface area (Å²) in [4.78, 5) is 16.8. The third-order valence-electron chi connectivity index (χ3n) is 5.33. The largest absolute Gasteiger partial charge is 0.504 e. The maximum absolute atomic E-state index is 12.2. The topological polar surface area (TPSA) is 112 Å². The van der Waals surface area contributed by atoms with Gasteiger partial charge in [-0.15, -0.1) is 11.3 Å². The number of allylic oxidation sites excluding steroid dienone is 2. The molecule has 4 rings (SSSR count). The molecule has 0 bridgehead atoms. The first-order valence-corrected chi connectivity index (χ1v) is 10.2. The van der Waals surface area contributed by atoms with Gasteiger partial charge in [-0.2, -0.15) is 5.26 Å². The lowest BCUT2D eigenvalue weighted by Crippen LogP contribution is -2.20. The molecular weight excluding hydrogens is 398 g/mol. The van der Waals surface area contributed by atoms with E-state index in [1.807, 2.05) is 24.3 Å². The quantitative estimate of drug-likeness (QED) is 0.577. The number of nitrogen functional groups attached to an aromatic ring is 1. The van der Waals surface area contributed by atoms with Gasteiger partial charge in [-0.3, -0.25) is 4.79 Å². The molecule has 3 aromatic rings. The number of H-pyrrole nitrogens is 1. The number of ether oxygens (including phenoxy) is 1. The van der Waals surface area contributed by atoms with Crippen molar-refractivity contribution >= 4 is 39.4 Å². The zero-order valence-electron chi connectivity index (χ0n) is 16.9. The van der Waals surface area contributed by atoms with E-state index in [0.717, 1.165) is 33.4 Å². The van der Waals surface area contributed by atoms with Crippen molar-refractivity contribution in [2.75, 3.05) is 12.8 Å². The van der Waals surface area contributed by atoms with Gasteiger partial charge in [0.2, 0.25) is 0 Å². The number of benzene rings is 1. The number of pyridine rings is 1. The Kier molecular flexibility index (Phi) is 4.67. The number of aromatic amines is 1. The Morgan fingerprint density at radius 1 is 1.37 bits per heavy atom. The van der Waals surface area contributed by atoms with E-state index in [1.54, 1.807) is 12.1 Å². The Morgan fingerprint density at radius 3 is 2.83 bits per heavy atom. The Labute approximate surface area is 177 Å². The molecule has 0 aliphatic heterocycles. The molecule has 1 aliphatic carbocycles. The number of nitriles is 1. The molecule has 7 heteroatoms. The molecule has 2 heterocycles. The lowest BCUT2D eigenvalue weighted by atomic mass is 9.77. The van der Waals surface area contributed by atoms with Gasteiger partial charge < -0.3 is 20.6 Å². The summed E-state index contributed by atoms with van der Waals surface area (Å²) in [5, 5.41) is 19.8. The number of thiophene rings is 1. The second-order valence-electron chi connectivity index (χ2n) is 7.95. The fraction of sp³-hybridized carbons (Fsp3) is 0.217. The van der Waals surface area contributed by atoms with E-state index in [1.165, 1.54) is 18.4 Å². The van der Waals surface area contributed by atoms with Crippen LogP contribution in [0.25, 0.3) is 22.4 Å². The molecule has 4 N–H and O–H groups in total. The van der Waals surface area contributed by atoms with Crippen LogP contribution in [0.1, 0.15) is 41.8 Å². The van der Waals surface area contributed by atoms with Gasteiger partial charge in [-0.1, -0.05) is 32.1 Å².